The van der Waals surface area contributed by atoms with Crippen LogP contribution in [0.5, 0.6) is 0 Å². The average Bonchev–Trinajstić information content (AvgIpc) is 3.23. The molecule has 0 unspecified atom stereocenters. The van der Waals surface area contributed by atoms with Gasteiger partial charge in [0, 0.05) is 17.9 Å². The van der Waals surface area contributed by atoms with E-state index in [-0.39, 0.29) is 23.5 Å². The Hall–Kier alpha value is -3.69. The van der Waals surface area contributed by atoms with Gasteiger partial charge in [-0.25, -0.2) is 14.7 Å². The molecule has 2 aliphatic rings. The first-order valence-corrected chi connectivity index (χ1v) is 13.3. The van der Waals surface area contributed by atoms with E-state index in [1.165, 1.54) is 28.0 Å². The summed E-state index contributed by atoms with van der Waals surface area (Å²) in [5.41, 5.74) is 0.535. The van der Waals surface area contributed by atoms with E-state index in [1.54, 1.807) is 6.07 Å². The number of halogens is 4. The summed E-state index contributed by atoms with van der Waals surface area (Å²) in [4.78, 5) is 36.1. The molecular formula is C28H31F4N5O3. The molecule has 0 aromatic heterocycles. The molecule has 4 rings (SSSR count). The van der Waals surface area contributed by atoms with Gasteiger partial charge in [0.1, 0.15) is 5.82 Å². The number of hydroxylamine groups is 1. The van der Waals surface area contributed by atoms with E-state index >= 15 is 4.39 Å². The van der Waals surface area contributed by atoms with Gasteiger partial charge in [0.05, 0.1) is 41.5 Å². The Bertz CT molecular complexity index is 1290. The van der Waals surface area contributed by atoms with E-state index in [4.69, 9.17) is 10.1 Å². The molecule has 1 heterocycles. The van der Waals surface area contributed by atoms with Crippen molar-refractivity contribution >= 4 is 23.3 Å². The molecule has 214 valence electrons. The fourth-order valence-electron chi connectivity index (χ4n) is 5.44. The molecule has 2 aromatic rings. The minimum Gasteiger partial charge on any atom is -0.301 e. The highest BCUT2D eigenvalue weighted by atomic mass is 19.4. The lowest BCUT2D eigenvalue weighted by atomic mass is 9.89. The smallest absolute Gasteiger partial charge is 0.301 e. The van der Waals surface area contributed by atoms with Crippen LogP contribution in [-0.4, -0.2) is 55.2 Å². The van der Waals surface area contributed by atoms with Crippen LogP contribution < -0.4 is 15.3 Å². The first kappa shape index (κ1) is 29.3. The van der Waals surface area contributed by atoms with Crippen molar-refractivity contribution in [2.75, 3.05) is 36.0 Å². The van der Waals surface area contributed by atoms with Gasteiger partial charge in [0.15, 0.2) is 0 Å². The van der Waals surface area contributed by atoms with Crippen molar-refractivity contribution in [3.8, 4) is 6.07 Å². The minimum atomic E-state index is -4.77. The number of rotatable bonds is 9. The summed E-state index contributed by atoms with van der Waals surface area (Å²) < 4.78 is 56.0. The molecular weight excluding hydrogens is 530 g/mol. The van der Waals surface area contributed by atoms with Crippen molar-refractivity contribution in [2.45, 2.75) is 57.8 Å². The number of carbonyl (C=O) groups is 2. The van der Waals surface area contributed by atoms with E-state index in [2.05, 4.69) is 10.4 Å². The highest BCUT2D eigenvalue weighted by Gasteiger charge is 2.48. The van der Waals surface area contributed by atoms with E-state index in [0.717, 1.165) is 44.1 Å². The monoisotopic (exact) mass is 561 g/mol. The number of benzene rings is 2. The molecule has 8 nitrogen and oxygen atoms in total. The topological polar surface area (TPSA) is 88.9 Å². The number of anilines is 2. The summed E-state index contributed by atoms with van der Waals surface area (Å²) in [6, 6.07) is 7.12. The van der Waals surface area contributed by atoms with Crippen molar-refractivity contribution in [2.24, 2.45) is 0 Å². The predicted molar refractivity (Wildman–Crippen MR) is 140 cm³/mol. The SMILES string of the molecule is CCN(CC)CCONC(=O)c1ccc(N2C(=O)N(c3ccc(C#N)c(C(F)(F)F)c3)[C@@H]3CCCC[C@H]32)cc1F. The number of likely N-dealkylation sites (N-methyl/N-ethyl adjacent to an activating group) is 1. The first-order valence-electron chi connectivity index (χ1n) is 13.3. The number of alkyl halides is 3. The van der Waals surface area contributed by atoms with Crippen molar-refractivity contribution in [1.82, 2.24) is 10.4 Å². The van der Waals surface area contributed by atoms with Gasteiger partial charge in [-0.1, -0.05) is 26.7 Å². The maximum atomic E-state index is 15.1. The average molecular weight is 562 g/mol. The number of nitrogens with zero attached hydrogens (tertiary/aromatic N) is 4. The number of nitrogens with one attached hydrogen (secondary N) is 1. The van der Waals surface area contributed by atoms with Gasteiger partial charge in [0.25, 0.3) is 5.91 Å². The van der Waals surface area contributed by atoms with E-state index in [0.29, 0.717) is 19.4 Å². The zero-order chi connectivity index (χ0) is 29.0. The second-order valence-electron chi connectivity index (χ2n) is 9.75. The molecule has 1 aliphatic carbocycles. The van der Waals surface area contributed by atoms with Crippen LogP contribution in [0, 0.1) is 17.1 Å². The molecule has 2 aromatic carbocycles. The van der Waals surface area contributed by atoms with Gasteiger partial charge in [-0.05, 0) is 62.3 Å². The summed E-state index contributed by atoms with van der Waals surface area (Å²) in [5.74, 6) is -1.63. The number of hydrogen-bond donors (Lipinski definition) is 1. The Morgan fingerprint density at radius 2 is 1.68 bits per heavy atom. The van der Waals surface area contributed by atoms with Crippen molar-refractivity contribution in [3.05, 3.63) is 58.9 Å². The molecule has 0 spiro atoms. The Balaban J connectivity index is 1.57. The quantitative estimate of drug-likeness (QED) is 0.249. The van der Waals surface area contributed by atoms with E-state index in [9.17, 15) is 22.8 Å². The van der Waals surface area contributed by atoms with Gasteiger partial charge < -0.3 is 4.90 Å². The molecule has 2 fully saturated rings. The fraction of sp³-hybridized carbons (Fsp3) is 0.464. The van der Waals surface area contributed by atoms with Gasteiger partial charge >= 0.3 is 12.2 Å². The Kier molecular flexibility index (Phi) is 8.95. The van der Waals surface area contributed by atoms with Crippen LogP contribution in [0.3, 0.4) is 0 Å². The lowest BCUT2D eigenvalue weighted by Gasteiger charge is -2.32. The molecule has 1 N–H and O–H groups in total. The molecule has 0 bridgehead atoms. The van der Waals surface area contributed by atoms with Crippen molar-refractivity contribution in [3.63, 3.8) is 0 Å². The summed E-state index contributed by atoms with van der Waals surface area (Å²) in [6.07, 6.45) is -2.05. The van der Waals surface area contributed by atoms with E-state index in [1.807, 2.05) is 13.8 Å². The van der Waals surface area contributed by atoms with Gasteiger partial charge in [-0.15, -0.1) is 0 Å². The van der Waals surface area contributed by atoms with E-state index < -0.39 is 47.1 Å². The highest BCUT2D eigenvalue weighted by Crippen LogP contribution is 2.42. The van der Waals surface area contributed by atoms with Crippen LogP contribution in [0.25, 0.3) is 0 Å². The summed E-state index contributed by atoms with van der Waals surface area (Å²) >= 11 is 0. The second-order valence-corrected chi connectivity index (χ2v) is 9.75. The van der Waals surface area contributed by atoms with Crippen LogP contribution in [0.1, 0.15) is 61.0 Å². The maximum Gasteiger partial charge on any atom is 0.417 e. The lowest BCUT2D eigenvalue weighted by molar-refractivity contribution is -0.137. The Labute approximate surface area is 230 Å². The number of carbonyl (C=O) groups excluding carboxylic acids is 2. The number of nitriles is 1. The normalized spacial score (nSPS) is 19.1. The third-order valence-electron chi connectivity index (χ3n) is 7.52. The summed E-state index contributed by atoms with van der Waals surface area (Å²) in [7, 11) is 0. The lowest BCUT2D eigenvalue weighted by Crippen LogP contribution is -2.40. The zero-order valence-corrected chi connectivity index (χ0v) is 22.3. The van der Waals surface area contributed by atoms with Gasteiger partial charge in [0.2, 0.25) is 0 Å². The molecule has 12 heteroatoms. The molecule has 40 heavy (non-hydrogen) atoms. The summed E-state index contributed by atoms with van der Waals surface area (Å²) in [6.45, 7) is 6.47. The molecule has 2 atom stereocenters. The Morgan fingerprint density at radius 1 is 1.07 bits per heavy atom. The fourth-order valence-corrected chi connectivity index (χ4v) is 5.44. The number of fused-ring (bicyclic) bond motifs is 1. The van der Waals surface area contributed by atoms with Crippen LogP contribution in [0.2, 0.25) is 0 Å². The summed E-state index contributed by atoms with van der Waals surface area (Å²) in [5, 5.41) is 9.15. The number of urea groups is 1. The molecule has 1 saturated heterocycles. The first-order chi connectivity index (χ1) is 19.1. The second kappa shape index (κ2) is 12.2. The molecule has 3 amide bonds. The van der Waals surface area contributed by atoms with Crippen LogP contribution >= 0.6 is 0 Å². The standard InChI is InChI=1S/C28H31F4N5O3/c1-3-35(4-2)13-14-40-34-26(38)21-12-11-20(16-23(21)29)37-25-8-6-5-7-24(25)36(27(37)39)19-10-9-18(17-33)22(15-19)28(30,31)32/h9-12,15-16,24-25H,3-8,13-14H2,1-2H3,(H,34,38)/t24-,25-/m1/s1. The van der Waals surface area contributed by atoms with Crippen LogP contribution in [0.4, 0.5) is 33.7 Å². The molecule has 1 saturated carbocycles. The maximum absolute atomic E-state index is 15.1. The molecule has 0 radical (unpaired) electrons. The highest BCUT2D eigenvalue weighted by molar-refractivity contribution is 6.08. The third-order valence-corrected chi connectivity index (χ3v) is 7.52. The predicted octanol–water partition coefficient (Wildman–Crippen LogP) is 5.48. The Morgan fingerprint density at radius 3 is 2.23 bits per heavy atom. The van der Waals surface area contributed by atoms with Crippen molar-refractivity contribution < 1.29 is 32.0 Å². The van der Waals surface area contributed by atoms with Gasteiger partial charge in [-0.3, -0.25) is 19.4 Å². The largest absolute Gasteiger partial charge is 0.417 e. The zero-order valence-electron chi connectivity index (χ0n) is 22.3. The molecule has 1 aliphatic heterocycles. The van der Waals surface area contributed by atoms with Crippen LogP contribution in [-0.2, 0) is 11.0 Å². The number of hydrogen-bond acceptors (Lipinski definition) is 5. The third kappa shape index (κ3) is 5.90. The number of amides is 3. The minimum absolute atomic E-state index is 0.0223. The van der Waals surface area contributed by atoms with Crippen molar-refractivity contribution in [1.29, 1.82) is 5.26 Å². The van der Waals surface area contributed by atoms with Crippen LogP contribution in [0.15, 0.2) is 36.4 Å². The van der Waals surface area contributed by atoms with Gasteiger partial charge in [-0.2, -0.15) is 18.4 Å².